The Kier molecular flexibility index (Phi) is 3.69. The van der Waals surface area contributed by atoms with Gasteiger partial charge in [-0.2, -0.15) is 5.10 Å². The predicted octanol–water partition coefficient (Wildman–Crippen LogP) is 1.91. The summed E-state index contributed by atoms with van der Waals surface area (Å²) in [4.78, 5) is 2.36. The fraction of sp³-hybridized carbons (Fsp3) is 0.438. The smallest absolute Gasteiger partial charge is 0.140 e. The monoisotopic (exact) mass is 286 g/mol. The van der Waals surface area contributed by atoms with Crippen molar-refractivity contribution in [2.45, 2.75) is 25.0 Å². The molecule has 2 N–H and O–H groups in total. The average Bonchev–Trinajstić information content (AvgIpc) is 2.87. The summed E-state index contributed by atoms with van der Waals surface area (Å²) >= 11 is 0. The van der Waals surface area contributed by atoms with Crippen molar-refractivity contribution in [2.24, 2.45) is 0 Å². The lowest BCUT2D eigenvalue weighted by atomic mass is 9.93. The van der Waals surface area contributed by atoms with Crippen molar-refractivity contribution in [1.29, 1.82) is 0 Å². The number of likely N-dealkylation sites (N-methyl/N-ethyl adjacent to an activating group) is 1. The molecule has 1 aliphatic heterocycles. The molecule has 1 aliphatic rings. The molecule has 0 aliphatic carbocycles. The average molecular weight is 286 g/mol. The Labute approximate surface area is 125 Å². The minimum absolute atomic E-state index is 0.340. The third-order valence-electron chi connectivity index (χ3n) is 4.46. The van der Waals surface area contributed by atoms with Gasteiger partial charge in [-0.25, -0.2) is 4.68 Å². The van der Waals surface area contributed by atoms with Gasteiger partial charge in [-0.15, -0.1) is 0 Å². The van der Waals surface area contributed by atoms with Gasteiger partial charge in [-0.05, 0) is 19.0 Å². The van der Waals surface area contributed by atoms with Crippen LogP contribution in [0.15, 0.2) is 42.7 Å². The maximum absolute atomic E-state index is 5.90. The summed E-state index contributed by atoms with van der Waals surface area (Å²) in [6.07, 6.45) is 4.51. The van der Waals surface area contributed by atoms with Crippen LogP contribution in [0, 0.1) is 0 Å². The van der Waals surface area contributed by atoms with E-state index < -0.39 is 0 Å². The zero-order valence-electron chi connectivity index (χ0n) is 12.6. The van der Waals surface area contributed by atoms with Gasteiger partial charge in [0.05, 0.1) is 37.3 Å². The molecule has 5 nitrogen and oxygen atoms in total. The van der Waals surface area contributed by atoms with E-state index in [9.17, 15) is 0 Å². The van der Waals surface area contributed by atoms with Crippen molar-refractivity contribution in [3.8, 4) is 0 Å². The van der Waals surface area contributed by atoms with Crippen molar-refractivity contribution in [3.05, 3.63) is 48.3 Å². The number of hydrogen-bond acceptors (Lipinski definition) is 4. The molecule has 0 radical (unpaired) electrons. The molecule has 0 saturated carbocycles. The van der Waals surface area contributed by atoms with Gasteiger partial charge in [0.15, 0.2) is 0 Å². The maximum atomic E-state index is 5.90. The maximum Gasteiger partial charge on any atom is 0.140 e. The van der Waals surface area contributed by atoms with Crippen LogP contribution >= 0.6 is 0 Å². The fourth-order valence-electron chi connectivity index (χ4n) is 3.11. The van der Waals surface area contributed by atoms with Gasteiger partial charge in [-0.1, -0.05) is 37.3 Å². The van der Waals surface area contributed by atoms with E-state index in [2.05, 4.69) is 48.2 Å². The molecular weight excluding hydrogens is 264 g/mol. The van der Waals surface area contributed by atoms with Crippen LogP contribution in [0.3, 0.4) is 0 Å². The third-order valence-corrected chi connectivity index (χ3v) is 4.46. The first-order valence-corrected chi connectivity index (χ1v) is 7.35. The van der Waals surface area contributed by atoms with Crippen LogP contribution in [0.4, 0.5) is 5.69 Å². The van der Waals surface area contributed by atoms with E-state index >= 15 is 0 Å². The van der Waals surface area contributed by atoms with Crippen LogP contribution in [-0.2, 0) is 10.4 Å². The van der Waals surface area contributed by atoms with Gasteiger partial charge < -0.3 is 10.5 Å². The summed E-state index contributed by atoms with van der Waals surface area (Å²) in [7, 11) is 2.14. The normalized spacial score (nSPS) is 18.4. The van der Waals surface area contributed by atoms with E-state index in [1.165, 1.54) is 5.56 Å². The first-order chi connectivity index (χ1) is 10.2. The summed E-state index contributed by atoms with van der Waals surface area (Å²) in [5.74, 6) is 0. The molecule has 1 saturated heterocycles. The van der Waals surface area contributed by atoms with Gasteiger partial charge in [0.2, 0.25) is 0 Å². The van der Waals surface area contributed by atoms with E-state index in [0.29, 0.717) is 11.7 Å². The Bertz CT molecular complexity index is 593. The first-order valence-electron chi connectivity index (χ1n) is 7.35. The van der Waals surface area contributed by atoms with Crippen molar-refractivity contribution in [2.75, 3.05) is 26.0 Å². The Balaban J connectivity index is 2.12. The molecular formula is C16H22N4O. The number of nitrogens with two attached hydrogens (primary N) is 1. The van der Waals surface area contributed by atoms with Crippen LogP contribution in [-0.4, -0.2) is 41.0 Å². The molecule has 2 heterocycles. The largest absolute Gasteiger partial charge is 0.396 e. The molecule has 1 aromatic heterocycles. The molecule has 2 aromatic rings. The van der Waals surface area contributed by atoms with E-state index in [-0.39, 0.29) is 5.66 Å². The second-order valence-corrected chi connectivity index (χ2v) is 5.56. The minimum atomic E-state index is -0.340. The number of benzene rings is 1. The van der Waals surface area contributed by atoms with Crippen LogP contribution in [0.5, 0.6) is 0 Å². The van der Waals surface area contributed by atoms with Gasteiger partial charge in [0.1, 0.15) is 5.66 Å². The summed E-state index contributed by atoms with van der Waals surface area (Å²) < 4.78 is 7.36. The molecule has 1 atom stereocenters. The Morgan fingerprint density at radius 3 is 2.57 bits per heavy atom. The highest BCUT2D eigenvalue weighted by atomic mass is 16.5. The highest BCUT2D eigenvalue weighted by molar-refractivity contribution is 5.33. The van der Waals surface area contributed by atoms with Crippen molar-refractivity contribution in [3.63, 3.8) is 0 Å². The number of anilines is 1. The van der Waals surface area contributed by atoms with E-state index in [1.54, 1.807) is 6.20 Å². The fourth-order valence-corrected chi connectivity index (χ4v) is 3.11. The van der Waals surface area contributed by atoms with Crippen LogP contribution in [0.2, 0.25) is 0 Å². The number of rotatable bonds is 5. The lowest BCUT2D eigenvalue weighted by Crippen LogP contribution is -2.59. The Morgan fingerprint density at radius 1 is 1.38 bits per heavy atom. The molecule has 3 rings (SSSR count). The van der Waals surface area contributed by atoms with Gasteiger partial charge in [0, 0.05) is 0 Å². The van der Waals surface area contributed by atoms with Crippen molar-refractivity contribution >= 4 is 5.69 Å². The zero-order chi connectivity index (χ0) is 14.9. The van der Waals surface area contributed by atoms with Crippen LogP contribution < -0.4 is 5.73 Å². The summed E-state index contributed by atoms with van der Waals surface area (Å²) in [6, 6.07) is 10.9. The van der Waals surface area contributed by atoms with E-state index in [1.807, 2.05) is 16.9 Å². The molecule has 1 unspecified atom stereocenters. The number of aromatic nitrogens is 2. The zero-order valence-corrected chi connectivity index (χ0v) is 12.6. The minimum Gasteiger partial charge on any atom is -0.396 e. The lowest BCUT2D eigenvalue weighted by Gasteiger charge is -2.48. The SMILES string of the molecule is CCC(c1ccccc1)(N(C)C1COC1)n1cc(N)cn1. The molecule has 1 aromatic carbocycles. The van der Waals surface area contributed by atoms with Crippen LogP contribution in [0.25, 0.3) is 0 Å². The molecule has 5 heteroatoms. The third kappa shape index (κ3) is 2.22. The number of hydrogen-bond donors (Lipinski definition) is 1. The predicted molar refractivity (Wildman–Crippen MR) is 82.8 cm³/mol. The number of ether oxygens (including phenoxy) is 1. The molecule has 112 valence electrons. The first kappa shape index (κ1) is 14.1. The highest BCUT2D eigenvalue weighted by Crippen LogP contribution is 2.35. The Morgan fingerprint density at radius 2 is 2.10 bits per heavy atom. The Hall–Kier alpha value is -1.85. The van der Waals surface area contributed by atoms with Gasteiger partial charge in [0.25, 0.3) is 0 Å². The second-order valence-electron chi connectivity index (χ2n) is 5.56. The van der Waals surface area contributed by atoms with E-state index in [0.717, 1.165) is 19.6 Å². The topological polar surface area (TPSA) is 56.3 Å². The van der Waals surface area contributed by atoms with Gasteiger partial charge >= 0.3 is 0 Å². The molecule has 21 heavy (non-hydrogen) atoms. The molecule has 0 amide bonds. The number of nitrogens with zero attached hydrogens (tertiary/aromatic N) is 3. The summed E-state index contributed by atoms with van der Waals surface area (Å²) in [5.41, 5.74) is 7.46. The van der Waals surface area contributed by atoms with Crippen molar-refractivity contribution in [1.82, 2.24) is 14.7 Å². The van der Waals surface area contributed by atoms with E-state index in [4.69, 9.17) is 10.5 Å². The molecule has 1 fully saturated rings. The standard InChI is InChI=1S/C16H22N4O/c1-3-16(13-7-5-4-6-8-13,19(2)15-11-21-12-15)20-10-14(17)9-18-20/h4-10,15H,3,11-12,17H2,1-2H3. The lowest BCUT2D eigenvalue weighted by molar-refractivity contribution is -0.107. The quantitative estimate of drug-likeness (QED) is 0.912. The summed E-state index contributed by atoms with van der Waals surface area (Å²) in [5, 5.41) is 4.51. The van der Waals surface area contributed by atoms with Gasteiger partial charge in [-0.3, -0.25) is 4.90 Å². The molecule has 0 bridgehead atoms. The molecule has 0 spiro atoms. The highest BCUT2D eigenvalue weighted by Gasteiger charge is 2.43. The van der Waals surface area contributed by atoms with Crippen LogP contribution in [0.1, 0.15) is 18.9 Å². The second kappa shape index (κ2) is 5.50. The summed E-state index contributed by atoms with van der Waals surface area (Å²) in [6.45, 7) is 3.71. The van der Waals surface area contributed by atoms with Crippen molar-refractivity contribution < 1.29 is 4.74 Å². The number of nitrogen functional groups attached to an aromatic ring is 1.